The Balaban J connectivity index is 0.000000605. The molecule has 1 aliphatic heterocycles. The first-order chi connectivity index (χ1) is 4.97. The largest absolute Gasteiger partial charge is 0.489 e. The van der Waals surface area contributed by atoms with Crippen molar-refractivity contribution in [3.8, 4) is 5.75 Å². The number of rotatable bonds is 0. The predicted octanol–water partition coefficient (Wildman–Crippen LogP) is 2.09. The zero-order valence-electron chi connectivity index (χ0n) is 6.23. The monoisotopic (exact) mass is 386 g/mol. The van der Waals surface area contributed by atoms with Gasteiger partial charge in [-0.25, -0.2) is 0 Å². The predicted molar refractivity (Wildman–Crippen MR) is 41.0 cm³/mol. The average molecular weight is 386 g/mol. The van der Waals surface area contributed by atoms with Crippen molar-refractivity contribution in [1.82, 2.24) is 0 Å². The number of fused-ring (bicyclic) bond motifs is 1. The van der Waals surface area contributed by atoms with Crippen molar-refractivity contribution in [3.63, 3.8) is 0 Å². The molecule has 0 fully saturated rings. The van der Waals surface area contributed by atoms with E-state index in [-0.39, 0.29) is 37.8 Å². The Bertz CT molecular complexity index is 273. The van der Waals surface area contributed by atoms with Crippen LogP contribution in [0.25, 0.3) is 6.08 Å². The minimum Gasteiger partial charge on any atom is -0.489 e. The first-order valence-corrected chi connectivity index (χ1v) is 3.35. The van der Waals surface area contributed by atoms with Crippen LogP contribution in [0.15, 0.2) is 30.3 Å². The van der Waals surface area contributed by atoms with E-state index in [9.17, 15) is 0 Å². The normalized spacial score (nSPS) is 11.7. The van der Waals surface area contributed by atoms with Crippen LogP contribution in [0, 0.1) is 0 Å². The molecule has 0 spiro atoms. The molecule has 1 radical (unpaired) electrons. The SMILES string of the molecule is C1=Cc2ccccc2OC1.[Co].[Pt]. The van der Waals surface area contributed by atoms with Crippen molar-refractivity contribution < 1.29 is 42.6 Å². The van der Waals surface area contributed by atoms with Gasteiger partial charge in [-0.3, -0.25) is 0 Å². The van der Waals surface area contributed by atoms with Gasteiger partial charge in [0.25, 0.3) is 0 Å². The van der Waals surface area contributed by atoms with Gasteiger partial charge in [-0.15, -0.1) is 0 Å². The van der Waals surface area contributed by atoms with Crippen molar-refractivity contribution in [2.24, 2.45) is 0 Å². The van der Waals surface area contributed by atoms with Gasteiger partial charge in [0, 0.05) is 43.4 Å². The molecule has 1 aliphatic rings. The number of ether oxygens (including phenoxy) is 1. The van der Waals surface area contributed by atoms with E-state index in [2.05, 4.69) is 6.08 Å². The van der Waals surface area contributed by atoms with Crippen molar-refractivity contribution >= 4 is 6.08 Å². The van der Waals surface area contributed by atoms with Crippen LogP contribution < -0.4 is 4.74 Å². The molecule has 0 N–H and O–H groups in total. The summed E-state index contributed by atoms with van der Waals surface area (Å²) in [6.45, 7) is 0.705. The van der Waals surface area contributed by atoms with Crippen molar-refractivity contribution in [3.05, 3.63) is 35.9 Å². The van der Waals surface area contributed by atoms with Gasteiger partial charge in [-0.1, -0.05) is 24.3 Å². The van der Waals surface area contributed by atoms with E-state index < -0.39 is 0 Å². The standard InChI is InChI=1S/C9H8O.Co.Pt/c1-2-6-9-8(4-1)5-3-7-10-9;;/h1-6H,7H2;;. The quantitative estimate of drug-likeness (QED) is 0.664. The van der Waals surface area contributed by atoms with Crippen LogP contribution in [0.4, 0.5) is 0 Å². The molecule has 0 saturated carbocycles. The summed E-state index contributed by atoms with van der Waals surface area (Å²) in [5.74, 6) is 0.991. The summed E-state index contributed by atoms with van der Waals surface area (Å²) in [5.41, 5.74) is 1.17. The van der Waals surface area contributed by atoms with Crippen LogP contribution in [-0.2, 0) is 37.8 Å². The molecule has 3 heteroatoms. The van der Waals surface area contributed by atoms with E-state index in [1.54, 1.807) is 0 Å². The number of hydrogen-bond acceptors (Lipinski definition) is 1. The minimum absolute atomic E-state index is 0. The van der Waals surface area contributed by atoms with Gasteiger partial charge >= 0.3 is 0 Å². The molecule has 0 bridgehead atoms. The van der Waals surface area contributed by atoms with E-state index in [0.29, 0.717) is 6.61 Å². The zero-order chi connectivity index (χ0) is 6.81. The molecule has 12 heavy (non-hydrogen) atoms. The molecule has 0 atom stereocenters. The van der Waals surface area contributed by atoms with E-state index in [4.69, 9.17) is 4.74 Å². The Kier molecular flexibility index (Phi) is 5.55. The second kappa shape index (κ2) is 5.57. The zero-order valence-corrected chi connectivity index (χ0v) is 9.54. The van der Waals surface area contributed by atoms with Crippen LogP contribution in [0.2, 0.25) is 0 Å². The second-order valence-electron chi connectivity index (χ2n) is 2.25. The fourth-order valence-corrected chi connectivity index (χ4v) is 1.06. The summed E-state index contributed by atoms with van der Waals surface area (Å²) < 4.78 is 5.34. The van der Waals surface area contributed by atoms with Gasteiger partial charge in [-0.2, -0.15) is 0 Å². The Labute approximate surface area is 96.7 Å². The molecule has 1 aromatic carbocycles. The van der Waals surface area contributed by atoms with Gasteiger partial charge in [0.05, 0.1) is 0 Å². The fourth-order valence-electron chi connectivity index (χ4n) is 1.06. The molecule has 0 saturated heterocycles. The minimum atomic E-state index is 0. The molecule has 0 aromatic heterocycles. The van der Waals surface area contributed by atoms with Gasteiger partial charge in [0.1, 0.15) is 12.4 Å². The summed E-state index contributed by atoms with van der Waals surface area (Å²) in [7, 11) is 0. The molecule has 0 amide bonds. The molecular formula is C9H8CoOPt. The molecule has 1 heterocycles. The average Bonchev–Trinajstić information content (AvgIpc) is 2.05. The van der Waals surface area contributed by atoms with Gasteiger partial charge in [-0.05, 0) is 12.1 Å². The summed E-state index contributed by atoms with van der Waals surface area (Å²) in [4.78, 5) is 0. The summed E-state index contributed by atoms with van der Waals surface area (Å²) in [5, 5.41) is 0. The Morgan fingerprint density at radius 3 is 2.67 bits per heavy atom. The maximum atomic E-state index is 5.34. The summed E-state index contributed by atoms with van der Waals surface area (Å²) >= 11 is 0. The third kappa shape index (κ3) is 2.48. The van der Waals surface area contributed by atoms with Crippen LogP contribution in [-0.4, -0.2) is 6.61 Å². The molecular weight excluding hydrogens is 378 g/mol. The summed E-state index contributed by atoms with van der Waals surface area (Å²) in [6.07, 6.45) is 4.10. The third-order valence-electron chi connectivity index (χ3n) is 1.55. The van der Waals surface area contributed by atoms with Crippen LogP contribution in [0.1, 0.15) is 5.56 Å². The Morgan fingerprint density at radius 2 is 1.92 bits per heavy atom. The van der Waals surface area contributed by atoms with Crippen molar-refractivity contribution in [2.75, 3.05) is 6.61 Å². The van der Waals surface area contributed by atoms with E-state index in [1.165, 1.54) is 5.56 Å². The van der Waals surface area contributed by atoms with Gasteiger partial charge < -0.3 is 4.74 Å². The topological polar surface area (TPSA) is 9.23 Å². The molecule has 1 aromatic rings. The Morgan fingerprint density at radius 1 is 1.17 bits per heavy atom. The van der Waals surface area contributed by atoms with Gasteiger partial charge in [0.2, 0.25) is 0 Å². The maximum Gasteiger partial charge on any atom is 0.126 e. The first-order valence-electron chi connectivity index (χ1n) is 3.35. The van der Waals surface area contributed by atoms with Crippen molar-refractivity contribution in [2.45, 2.75) is 0 Å². The summed E-state index contributed by atoms with van der Waals surface area (Å²) in [6, 6.07) is 8.03. The third-order valence-corrected chi connectivity index (χ3v) is 1.55. The van der Waals surface area contributed by atoms with E-state index in [1.807, 2.05) is 30.3 Å². The maximum absolute atomic E-state index is 5.34. The molecule has 1 nitrogen and oxygen atoms in total. The van der Waals surface area contributed by atoms with E-state index >= 15 is 0 Å². The van der Waals surface area contributed by atoms with Crippen LogP contribution >= 0.6 is 0 Å². The Hall–Kier alpha value is -0.0452. The molecule has 2 rings (SSSR count). The van der Waals surface area contributed by atoms with Crippen molar-refractivity contribution in [1.29, 1.82) is 0 Å². The molecule has 0 aliphatic carbocycles. The molecule has 0 unspecified atom stereocenters. The molecule has 69 valence electrons. The fraction of sp³-hybridized carbons (Fsp3) is 0.111. The number of hydrogen-bond donors (Lipinski definition) is 0. The van der Waals surface area contributed by atoms with Gasteiger partial charge in [0.15, 0.2) is 0 Å². The second-order valence-corrected chi connectivity index (χ2v) is 2.25. The smallest absolute Gasteiger partial charge is 0.126 e. The number of para-hydroxylation sites is 1. The first kappa shape index (κ1) is 12.0. The van der Waals surface area contributed by atoms with E-state index in [0.717, 1.165) is 5.75 Å². The number of benzene rings is 1. The van der Waals surface area contributed by atoms with Crippen LogP contribution in [0.3, 0.4) is 0 Å². The van der Waals surface area contributed by atoms with Crippen LogP contribution in [0.5, 0.6) is 5.75 Å².